The van der Waals surface area contributed by atoms with Crippen LogP contribution in [0.1, 0.15) is 5.82 Å². The number of aryl methyl sites for hydroxylation is 2. The van der Waals surface area contributed by atoms with Crippen LogP contribution in [0.25, 0.3) is 11.0 Å². The van der Waals surface area contributed by atoms with Gasteiger partial charge in [-0.2, -0.15) is 13.2 Å². The highest BCUT2D eigenvalue weighted by Gasteiger charge is 2.45. The molecule has 2 aromatic rings. The number of hydrogen-bond donors (Lipinski definition) is 0. The first-order valence-electron chi connectivity index (χ1n) is 4.53. The van der Waals surface area contributed by atoms with Crippen molar-refractivity contribution in [2.24, 2.45) is 14.1 Å². The highest BCUT2D eigenvalue weighted by atomic mass is 127. The molecule has 0 radical (unpaired) electrons. The molecule has 1 heterocycles. The van der Waals surface area contributed by atoms with E-state index >= 15 is 0 Å². The lowest BCUT2D eigenvalue weighted by atomic mass is 10.3. The minimum absolute atomic E-state index is 0. The minimum Gasteiger partial charge on any atom is -1.00 e. The van der Waals surface area contributed by atoms with E-state index in [0.717, 1.165) is 9.13 Å². The maximum absolute atomic E-state index is 12.8. The Morgan fingerprint density at radius 3 is 2.41 bits per heavy atom. The summed E-state index contributed by atoms with van der Waals surface area (Å²) in [5, 5.41) is 0.419. The fraction of sp³-hybridized carbons (Fsp3) is 0.300. The number of benzene rings is 1. The molecular formula is C10H9ClF3IN2. The van der Waals surface area contributed by atoms with E-state index < -0.39 is 12.0 Å². The zero-order valence-electron chi connectivity index (χ0n) is 9.02. The molecule has 0 aliphatic carbocycles. The predicted molar refractivity (Wildman–Crippen MR) is 54.1 cm³/mol. The average Bonchev–Trinajstić information content (AvgIpc) is 2.38. The largest absolute Gasteiger partial charge is 1.00 e. The number of rotatable bonds is 0. The maximum Gasteiger partial charge on any atom is 0.495 e. The lowest BCUT2D eigenvalue weighted by Gasteiger charge is -2.01. The van der Waals surface area contributed by atoms with Crippen LogP contribution in [-0.4, -0.2) is 4.57 Å². The molecule has 0 aliphatic rings. The third kappa shape index (κ3) is 2.37. The van der Waals surface area contributed by atoms with Crippen LogP contribution in [0.2, 0.25) is 5.02 Å². The highest BCUT2D eigenvalue weighted by Crippen LogP contribution is 2.29. The second-order valence-electron chi connectivity index (χ2n) is 3.57. The molecule has 1 aromatic heterocycles. The van der Waals surface area contributed by atoms with Crippen LogP contribution in [0.4, 0.5) is 13.2 Å². The van der Waals surface area contributed by atoms with E-state index in [1.165, 1.54) is 20.2 Å². The van der Waals surface area contributed by atoms with Gasteiger partial charge in [-0.1, -0.05) is 11.6 Å². The molecule has 0 N–H and O–H groups in total. The van der Waals surface area contributed by atoms with Crippen LogP contribution in [0.5, 0.6) is 0 Å². The van der Waals surface area contributed by atoms with Gasteiger partial charge in [0.05, 0.1) is 14.1 Å². The second-order valence-corrected chi connectivity index (χ2v) is 4.01. The predicted octanol–water partition coefficient (Wildman–Crippen LogP) is -0.321. The number of aromatic nitrogens is 2. The van der Waals surface area contributed by atoms with Gasteiger partial charge in [0.15, 0.2) is 11.0 Å². The van der Waals surface area contributed by atoms with Gasteiger partial charge in [-0.3, -0.25) is 0 Å². The number of halogens is 5. The molecule has 0 aliphatic heterocycles. The molecule has 0 fully saturated rings. The Hall–Kier alpha value is -0.500. The van der Waals surface area contributed by atoms with Crippen molar-refractivity contribution in [2.45, 2.75) is 6.18 Å². The number of fused-ring (bicyclic) bond motifs is 1. The summed E-state index contributed by atoms with van der Waals surface area (Å²) >= 11 is 5.76. The summed E-state index contributed by atoms with van der Waals surface area (Å²) in [6.45, 7) is 0. The van der Waals surface area contributed by atoms with Crippen molar-refractivity contribution in [3.63, 3.8) is 0 Å². The zero-order valence-corrected chi connectivity index (χ0v) is 11.9. The molecule has 7 heteroatoms. The molecule has 1 aromatic carbocycles. The lowest BCUT2D eigenvalue weighted by Crippen LogP contribution is -3.00. The summed E-state index contributed by atoms with van der Waals surface area (Å²) in [6.07, 6.45) is -4.38. The van der Waals surface area contributed by atoms with E-state index in [1.807, 2.05) is 0 Å². The Morgan fingerprint density at radius 1 is 1.29 bits per heavy atom. The third-order valence-corrected chi connectivity index (χ3v) is 2.78. The fourth-order valence-electron chi connectivity index (χ4n) is 1.88. The third-order valence-electron chi connectivity index (χ3n) is 2.55. The van der Waals surface area contributed by atoms with Crippen LogP contribution >= 0.6 is 11.6 Å². The van der Waals surface area contributed by atoms with E-state index in [-0.39, 0.29) is 24.0 Å². The quantitative estimate of drug-likeness (QED) is 0.440. The topological polar surface area (TPSA) is 8.81 Å². The van der Waals surface area contributed by atoms with Crippen molar-refractivity contribution in [2.75, 3.05) is 0 Å². The Morgan fingerprint density at radius 2 is 1.88 bits per heavy atom. The van der Waals surface area contributed by atoms with E-state index in [0.29, 0.717) is 16.1 Å². The molecule has 0 unspecified atom stereocenters. The van der Waals surface area contributed by atoms with E-state index in [9.17, 15) is 13.2 Å². The van der Waals surface area contributed by atoms with Crippen molar-refractivity contribution < 1.29 is 41.7 Å². The van der Waals surface area contributed by atoms with E-state index in [4.69, 9.17) is 11.6 Å². The number of hydrogen-bond acceptors (Lipinski definition) is 0. The monoisotopic (exact) mass is 376 g/mol. The van der Waals surface area contributed by atoms with Crippen LogP contribution in [0.3, 0.4) is 0 Å². The van der Waals surface area contributed by atoms with Gasteiger partial charge >= 0.3 is 12.0 Å². The minimum atomic E-state index is -4.38. The van der Waals surface area contributed by atoms with Gasteiger partial charge in [-0.15, -0.1) is 0 Å². The SMILES string of the molecule is Cn1c(C(F)(F)F)[n+](C)c2ccc(Cl)cc21.[I-]. The Balaban J connectivity index is 0.00000144. The standard InChI is InChI=1S/C10H9ClF3N2.HI/c1-15-7-4-3-6(11)5-8(7)16(2)9(15)10(12,13)14;/h3-5H,1-2H3;1H/q+1;/p-1. The van der Waals surface area contributed by atoms with Gasteiger partial charge in [0.2, 0.25) is 0 Å². The van der Waals surface area contributed by atoms with Crippen molar-refractivity contribution in [3.05, 3.63) is 29.0 Å². The first-order valence-corrected chi connectivity index (χ1v) is 4.91. The Bertz CT molecular complexity index is 563. The molecule has 0 saturated heterocycles. The average molecular weight is 377 g/mol. The van der Waals surface area contributed by atoms with Crippen molar-refractivity contribution >= 4 is 22.6 Å². The second kappa shape index (κ2) is 4.64. The molecule has 2 nitrogen and oxygen atoms in total. The van der Waals surface area contributed by atoms with E-state index in [1.54, 1.807) is 12.1 Å². The fourth-order valence-corrected chi connectivity index (χ4v) is 2.05. The molecule has 0 saturated carbocycles. The summed E-state index contributed by atoms with van der Waals surface area (Å²) in [4.78, 5) is 0. The molecule has 0 spiro atoms. The van der Waals surface area contributed by atoms with Crippen molar-refractivity contribution in [3.8, 4) is 0 Å². The zero-order chi connectivity index (χ0) is 12.1. The van der Waals surface area contributed by atoms with Crippen LogP contribution in [0.15, 0.2) is 18.2 Å². The maximum atomic E-state index is 12.8. The summed E-state index contributed by atoms with van der Waals surface area (Å²) in [5.74, 6) is -0.704. The molecule has 94 valence electrons. The van der Waals surface area contributed by atoms with Gasteiger partial charge in [0.1, 0.15) is 0 Å². The van der Waals surface area contributed by atoms with Gasteiger partial charge in [-0.25, -0.2) is 9.13 Å². The number of alkyl halides is 3. The van der Waals surface area contributed by atoms with Crippen molar-refractivity contribution in [1.82, 2.24) is 4.57 Å². The Labute approximate surface area is 118 Å². The lowest BCUT2D eigenvalue weighted by molar-refractivity contribution is -0.667. The number of nitrogens with zero attached hydrogens (tertiary/aromatic N) is 2. The van der Waals surface area contributed by atoms with Crippen LogP contribution in [0, 0.1) is 0 Å². The van der Waals surface area contributed by atoms with Gasteiger partial charge in [0, 0.05) is 11.1 Å². The van der Waals surface area contributed by atoms with Gasteiger partial charge in [0.25, 0.3) is 0 Å². The molecule has 0 amide bonds. The number of imidazole rings is 1. The first-order chi connectivity index (χ1) is 7.32. The van der Waals surface area contributed by atoms with Crippen LogP contribution in [-0.2, 0) is 20.3 Å². The summed E-state index contributed by atoms with van der Waals surface area (Å²) in [6, 6.07) is 4.67. The molecule has 0 atom stereocenters. The normalized spacial score (nSPS) is 11.6. The summed E-state index contributed by atoms with van der Waals surface area (Å²) < 4.78 is 40.5. The molecular weight excluding hydrogens is 367 g/mol. The summed E-state index contributed by atoms with van der Waals surface area (Å²) in [5.41, 5.74) is 0.960. The molecule has 17 heavy (non-hydrogen) atoms. The molecule has 2 rings (SSSR count). The summed E-state index contributed by atoms with van der Waals surface area (Å²) in [7, 11) is 2.76. The Kier molecular flexibility index (Phi) is 3.97. The molecule has 0 bridgehead atoms. The van der Waals surface area contributed by atoms with Gasteiger partial charge in [-0.05, 0) is 12.1 Å². The van der Waals surface area contributed by atoms with E-state index in [2.05, 4.69) is 0 Å². The first kappa shape index (κ1) is 14.6. The van der Waals surface area contributed by atoms with Crippen molar-refractivity contribution in [1.29, 1.82) is 0 Å². The van der Waals surface area contributed by atoms with Gasteiger partial charge < -0.3 is 24.0 Å². The smallest absolute Gasteiger partial charge is 0.495 e. The van der Waals surface area contributed by atoms with Crippen LogP contribution < -0.4 is 28.5 Å². The highest BCUT2D eigenvalue weighted by molar-refractivity contribution is 6.31.